The van der Waals surface area contributed by atoms with Crippen molar-refractivity contribution in [2.75, 3.05) is 0 Å². The van der Waals surface area contributed by atoms with Crippen molar-refractivity contribution in [3.8, 4) is 0 Å². The van der Waals surface area contributed by atoms with Crippen LogP contribution < -0.4 is 5.43 Å². The largest absolute Gasteiger partial charge is 0.354 e. The summed E-state index contributed by atoms with van der Waals surface area (Å²) in [5.74, 6) is 0. The lowest BCUT2D eigenvalue weighted by atomic mass is 10.0. The first-order valence-corrected chi connectivity index (χ1v) is 10.9. The van der Waals surface area contributed by atoms with Crippen molar-refractivity contribution in [1.29, 1.82) is 0 Å². The van der Waals surface area contributed by atoms with Crippen LogP contribution in [0.3, 0.4) is 0 Å². The highest BCUT2D eigenvalue weighted by Gasteiger charge is 2.04. The topological polar surface area (TPSA) is 45.8 Å². The van der Waals surface area contributed by atoms with Crippen molar-refractivity contribution < 1.29 is 0 Å². The summed E-state index contributed by atoms with van der Waals surface area (Å²) in [6.45, 7) is 0. The predicted octanol–water partition coefficient (Wildman–Crippen LogP) is 7.22. The molecule has 3 heteroatoms. The standard InChI is InChI=1S/C17H11N.C13H9NO/c1-3-7-15-12(5-1)9-10-14-11-13-6-2-4-8-16(13)18-17(14)15;15-13-9-5-1-3-7-11(9)14-12-8-4-2-6-10(12)13/h1-11H;1-8H,(H,14,15). The average Bonchev–Trinajstić information content (AvgIpc) is 2.88. The summed E-state index contributed by atoms with van der Waals surface area (Å²) in [5, 5.41) is 6.36. The third kappa shape index (κ3) is 3.40. The molecule has 33 heavy (non-hydrogen) atoms. The van der Waals surface area contributed by atoms with Gasteiger partial charge in [-0.25, -0.2) is 4.98 Å². The fraction of sp³-hybridized carbons (Fsp3) is 0. The number of aromatic nitrogens is 2. The number of aromatic amines is 1. The molecular weight excluding hydrogens is 404 g/mol. The van der Waals surface area contributed by atoms with Gasteiger partial charge in [-0.05, 0) is 41.8 Å². The second kappa shape index (κ2) is 7.88. The molecule has 2 heterocycles. The Labute approximate surface area is 190 Å². The fourth-order valence-corrected chi connectivity index (χ4v) is 4.38. The summed E-state index contributed by atoms with van der Waals surface area (Å²) in [5.41, 5.74) is 4.02. The van der Waals surface area contributed by atoms with E-state index in [2.05, 4.69) is 65.6 Å². The predicted molar refractivity (Wildman–Crippen MR) is 139 cm³/mol. The van der Waals surface area contributed by atoms with E-state index in [4.69, 9.17) is 4.98 Å². The first-order chi connectivity index (χ1) is 16.3. The molecule has 0 aliphatic rings. The Hall–Kier alpha value is -4.50. The number of nitrogens with one attached hydrogen (secondary N) is 1. The Balaban J connectivity index is 0.000000127. The Morgan fingerprint density at radius 1 is 0.515 bits per heavy atom. The molecule has 0 aliphatic heterocycles. The number of rotatable bonds is 0. The molecule has 0 fully saturated rings. The number of H-pyrrole nitrogens is 1. The average molecular weight is 425 g/mol. The van der Waals surface area contributed by atoms with E-state index in [1.807, 2.05) is 54.6 Å². The molecule has 1 N–H and O–H groups in total. The van der Waals surface area contributed by atoms with Gasteiger partial charge in [0.25, 0.3) is 0 Å². The van der Waals surface area contributed by atoms with Crippen LogP contribution in [0, 0.1) is 0 Å². The van der Waals surface area contributed by atoms with Crippen LogP contribution >= 0.6 is 0 Å². The summed E-state index contributed by atoms with van der Waals surface area (Å²) < 4.78 is 0. The minimum Gasteiger partial charge on any atom is -0.354 e. The lowest BCUT2D eigenvalue weighted by Crippen LogP contribution is -2.03. The number of hydrogen-bond acceptors (Lipinski definition) is 2. The third-order valence-electron chi connectivity index (χ3n) is 6.02. The van der Waals surface area contributed by atoms with Crippen LogP contribution in [0.1, 0.15) is 0 Å². The minimum absolute atomic E-state index is 0.0972. The molecule has 0 saturated carbocycles. The number of benzene rings is 5. The van der Waals surface area contributed by atoms with E-state index < -0.39 is 0 Å². The van der Waals surface area contributed by atoms with E-state index in [0.717, 1.165) is 32.8 Å². The first-order valence-electron chi connectivity index (χ1n) is 10.9. The van der Waals surface area contributed by atoms with Gasteiger partial charge in [0.2, 0.25) is 0 Å². The van der Waals surface area contributed by atoms with Crippen molar-refractivity contribution in [3.05, 3.63) is 125 Å². The van der Waals surface area contributed by atoms with Gasteiger partial charge < -0.3 is 4.98 Å². The van der Waals surface area contributed by atoms with Crippen molar-refractivity contribution >= 4 is 54.4 Å². The van der Waals surface area contributed by atoms with Gasteiger partial charge in [0.1, 0.15) is 0 Å². The Bertz CT molecular complexity index is 1790. The zero-order valence-corrected chi connectivity index (χ0v) is 17.8. The zero-order chi connectivity index (χ0) is 22.2. The second-order valence-electron chi connectivity index (χ2n) is 8.08. The number of pyridine rings is 2. The molecule has 0 unspecified atom stereocenters. The van der Waals surface area contributed by atoms with E-state index in [0.29, 0.717) is 0 Å². The summed E-state index contributed by atoms with van der Waals surface area (Å²) in [6.07, 6.45) is 0. The van der Waals surface area contributed by atoms with Crippen molar-refractivity contribution in [3.63, 3.8) is 0 Å². The molecular formula is C30H20N2O. The van der Waals surface area contributed by atoms with Gasteiger partial charge in [-0.2, -0.15) is 0 Å². The SMILES string of the molecule is O=c1c2ccccc2[nH]c2ccccc12.c1ccc2nc3c(ccc4ccccc43)cc2c1. The van der Waals surface area contributed by atoms with Crippen LogP contribution in [0.5, 0.6) is 0 Å². The Morgan fingerprint density at radius 2 is 1.06 bits per heavy atom. The summed E-state index contributed by atoms with van der Waals surface area (Å²) in [4.78, 5) is 20.1. The van der Waals surface area contributed by atoms with Crippen LogP contribution in [0.15, 0.2) is 120 Å². The van der Waals surface area contributed by atoms with Crippen LogP contribution in [0.25, 0.3) is 54.4 Å². The first kappa shape index (κ1) is 19.2. The third-order valence-corrected chi connectivity index (χ3v) is 6.02. The van der Waals surface area contributed by atoms with Gasteiger partial charge in [-0.3, -0.25) is 4.79 Å². The van der Waals surface area contributed by atoms with Gasteiger partial charge in [0, 0.05) is 38.0 Å². The number of hydrogen-bond donors (Lipinski definition) is 1. The highest BCUT2D eigenvalue weighted by Crippen LogP contribution is 2.26. The summed E-state index contributed by atoms with van der Waals surface area (Å²) in [6, 6.07) is 38.3. The van der Waals surface area contributed by atoms with Gasteiger partial charge in [-0.1, -0.05) is 78.9 Å². The molecule has 0 amide bonds. The Morgan fingerprint density at radius 3 is 1.79 bits per heavy atom. The zero-order valence-electron chi connectivity index (χ0n) is 17.8. The van der Waals surface area contributed by atoms with Crippen LogP contribution in [-0.4, -0.2) is 9.97 Å². The van der Waals surface area contributed by atoms with Crippen molar-refractivity contribution in [2.45, 2.75) is 0 Å². The molecule has 0 bridgehead atoms. The monoisotopic (exact) mass is 424 g/mol. The highest BCUT2D eigenvalue weighted by atomic mass is 16.1. The van der Waals surface area contributed by atoms with Gasteiger partial charge in [0.15, 0.2) is 5.43 Å². The molecule has 2 aromatic heterocycles. The van der Waals surface area contributed by atoms with E-state index in [-0.39, 0.29) is 5.43 Å². The van der Waals surface area contributed by atoms with E-state index in [9.17, 15) is 4.79 Å². The molecule has 0 spiro atoms. The van der Waals surface area contributed by atoms with Crippen LogP contribution in [-0.2, 0) is 0 Å². The second-order valence-corrected chi connectivity index (χ2v) is 8.08. The summed E-state index contributed by atoms with van der Waals surface area (Å²) in [7, 11) is 0. The molecule has 7 aromatic rings. The van der Waals surface area contributed by atoms with Gasteiger partial charge in [-0.15, -0.1) is 0 Å². The maximum Gasteiger partial charge on any atom is 0.197 e. The van der Waals surface area contributed by atoms with Crippen LogP contribution in [0.2, 0.25) is 0 Å². The van der Waals surface area contributed by atoms with E-state index in [1.165, 1.54) is 21.5 Å². The van der Waals surface area contributed by atoms with Gasteiger partial charge >= 0.3 is 0 Å². The number of fused-ring (bicyclic) bond motifs is 6. The summed E-state index contributed by atoms with van der Waals surface area (Å²) >= 11 is 0. The van der Waals surface area contributed by atoms with Crippen molar-refractivity contribution in [1.82, 2.24) is 9.97 Å². The molecule has 3 nitrogen and oxygen atoms in total. The molecule has 0 saturated heterocycles. The number of nitrogens with zero attached hydrogens (tertiary/aromatic N) is 1. The smallest absolute Gasteiger partial charge is 0.197 e. The maximum absolute atomic E-state index is 12.1. The Kier molecular flexibility index (Phi) is 4.59. The van der Waals surface area contributed by atoms with Crippen LogP contribution in [0.4, 0.5) is 0 Å². The molecule has 156 valence electrons. The minimum atomic E-state index is 0.0972. The fourth-order valence-electron chi connectivity index (χ4n) is 4.38. The van der Waals surface area contributed by atoms with E-state index >= 15 is 0 Å². The quantitative estimate of drug-likeness (QED) is 0.206. The molecule has 5 aromatic carbocycles. The highest BCUT2D eigenvalue weighted by molar-refractivity contribution is 6.08. The van der Waals surface area contributed by atoms with Gasteiger partial charge in [0.05, 0.1) is 11.0 Å². The van der Waals surface area contributed by atoms with E-state index in [1.54, 1.807) is 0 Å². The normalized spacial score (nSPS) is 11.2. The molecule has 0 aliphatic carbocycles. The number of para-hydroxylation sites is 3. The lowest BCUT2D eigenvalue weighted by Gasteiger charge is -2.05. The lowest BCUT2D eigenvalue weighted by molar-refractivity contribution is 1.48. The maximum atomic E-state index is 12.1. The molecule has 7 rings (SSSR count). The molecule has 0 atom stereocenters. The van der Waals surface area contributed by atoms with Crippen molar-refractivity contribution in [2.24, 2.45) is 0 Å². The molecule has 0 radical (unpaired) electrons.